The molecule has 0 unspecified atom stereocenters. The number of carbonyl (C=O) groups is 1. The molecule has 0 saturated carbocycles. The van der Waals surface area contributed by atoms with Crippen molar-refractivity contribution in [3.05, 3.63) is 34.4 Å². The van der Waals surface area contributed by atoms with Gasteiger partial charge in [-0.2, -0.15) is 0 Å². The zero-order valence-electron chi connectivity index (χ0n) is 12.8. The minimum Gasteiger partial charge on any atom is -0.350 e. The summed E-state index contributed by atoms with van der Waals surface area (Å²) in [4.78, 5) is 12.3. The van der Waals surface area contributed by atoms with Crippen molar-refractivity contribution in [2.45, 2.75) is 53.0 Å². The van der Waals surface area contributed by atoms with Gasteiger partial charge in [0.2, 0.25) is 0 Å². The molecule has 0 radical (unpaired) electrons. The van der Waals surface area contributed by atoms with E-state index in [-0.39, 0.29) is 11.4 Å². The fourth-order valence-corrected chi connectivity index (χ4v) is 2.38. The molecular weight excluding hydrogens is 236 g/mol. The molecule has 0 fully saturated rings. The first kappa shape index (κ1) is 15.7. The molecule has 0 saturated heterocycles. The lowest BCUT2D eigenvalue weighted by atomic mass is 9.93. The van der Waals surface area contributed by atoms with Gasteiger partial charge in [0.15, 0.2) is 0 Å². The van der Waals surface area contributed by atoms with Crippen molar-refractivity contribution in [3.63, 3.8) is 0 Å². The lowest BCUT2D eigenvalue weighted by molar-refractivity contribution is 0.0941. The van der Waals surface area contributed by atoms with Crippen LogP contribution in [-0.2, 0) is 0 Å². The van der Waals surface area contributed by atoms with Crippen LogP contribution in [-0.4, -0.2) is 18.0 Å². The van der Waals surface area contributed by atoms with E-state index in [1.54, 1.807) is 0 Å². The maximum Gasteiger partial charge on any atom is 0.251 e. The van der Waals surface area contributed by atoms with E-state index in [2.05, 4.69) is 19.2 Å². The van der Waals surface area contributed by atoms with Crippen LogP contribution >= 0.6 is 0 Å². The quantitative estimate of drug-likeness (QED) is 0.857. The largest absolute Gasteiger partial charge is 0.350 e. The van der Waals surface area contributed by atoms with Crippen molar-refractivity contribution in [1.29, 1.82) is 0 Å². The highest BCUT2D eigenvalue weighted by Gasteiger charge is 2.22. The maximum atomic E-state index is 12.3. The summed E-state index contributed by atoms with van der Waals surface area (Å²) in [6, 6.07) is 4.08. The van der Waals surface area contributed by atoms with Crippen LogP contribution in [0.5, 0.6) is 0 Å². The van der Waals surface area contributed by atoms with Crippen LogP contribution in [0.15, 0.2) is 12.1 Å². The highest BCUT2D eigenvalue weighted by atomic mass is 16.1. The Morgan fingerprint density at radius 3 is 2.05 bits per heavy atom. The standard InChI is InChI=1S/C16H26N2O/c1-6-16(17,7-2)10-18-15(19)14-12(4)8-11(3)9-13(14)5/h8-9H,6-7,10,17H2,1-5H3,(H,18,19). The Hall–Kier alpha value is -1.35. The van der Waals surface area contributed by atoms with E-state index in [1.807, 2.05) is 32.9 Å². The van der Waals surface area contributed by atoms with E-state index in [0.717, 1.165) is 29.5 Å². The smallest absolute Gasteiger partial charge is 0.251 e. The monoisotopic (exact) mass is 262 g/mol. The number of nitrogens with one attached hydrogen (secondary N) is 1. The highest BCUT2D eigenvalue weighted by Crippen LogP contribution is 2.17. The van der Waals surface area contributed by atoms with Crippen LogP contribution in [0, 0.1) is 20.8 Å². The average molecular weight is 262 g/mol. The second kappa shape index (κ2) is 6.20. The van der Waals surface area contributed by atoms with Gasteiger partial charge in [-0.1, -0.05) is 31.5 Å². The number of aryl methyl sites for hydroxylation is 3. The molecule has 1 amide bonds. The summed E-state index contributed by atoms with van der Waals surface area (Å²) < 4.78 is 0. The number of benzene rings is 1. The summed E-state index contributed by atoms with van der Waals surface area (Å²) in [7, 11) is 0. The molecule has 0 aliphatic heterocycles. The fourth-order valence-electron chi connectivity index (χ4n) is 2.38. The molecule has 3 nitrogen and oxygen atoms in total. The molecule has 3 heteroatoms. The third-order valence-electron chi connectivity index (χ3n) is 3.91. The van der Waals surface area contributed by atoms with Gasteiger partial charge >= 0.3 is 0 Å². The van der Waals surface area contributed by atoms with Crippen molar-refractivity contribution < 1.29 is 4.79 Å². The van der Waals surface area contributed by atoms with Gasteiger partial charge in [-0.25, -0.2) is 0 Å². The zero-order valence-corrected chi connectivity index (χ0v) is 12.8. The molecule has 0 aromatic heterocycles. The van der Waals surface area contributed by atoms with Gasteiger partial charge in [-0.05, 0) is 44.7 Å². The summed E-state index contributed by atoms with van der Waals surface area (Å²) in [6.07, 6.45) is 1.71. The molecule has 1 aromatic rings. The van der Waals surface area contributed by atoms with Gasteiger partial charge in [0.1, 0.15) is 0 Å². The first-order valence-corrected chi connectivity index (χ1v) is 6.98. The molecule has 0 heterocycles. The van der Waals surface area contributed by atoms with E-state index in [1.165, 1.54) is 5.56 Å². The Morgan fingerprint density at radius 1 is 1.16 bits per heavy atom. The van der Waals surface area contributed by atoms with Gasteiger partial charge in [0.05, 0.1) is 0 Å². The van der Waals surface area contributed by atoms with Gasteiger partial charge in [0, 0.05) is 17.6 Å². The summed E-state index contributed by atoms with van der Waals surface area (Å²) in [5.74, 6) is -0.0216. The second-order valence-electron chi connectivity index (χ2n) is 5.53. The Balaban J connectivity index is 2.85. The third kappa shape index (κ3) is 3.80. The number of rotatable bonds is 5. The van der Waals surface area contributed by atoms with Crippen LogP contribution in [0.4, 0.5) is 0 Å². The average Bonchev–Trinajstić information content (AvgIpc) is 2.34. The molecule has 0 spiro atoms. The van der Waals surface area contributed by atoms with Crippen molar-refractivity contribution in [2.24, 2.45) is 5.73 Å². The maximum absolute atomic E-state index is 12.3. The Kier molecular flexibility index (Phi) is 5.12. The Morgan fingerprint density at radius 2 is 1.63 bits per heavy atom. The Labute approximate surface area is 116 Å². The molecular formula is C16H26N2O. The number of amides is 1. The molecule has 0 atom stereocenters. The minimum absolute atomic E-state index is 0.0216. The SMILES string of the molecule is CCC(N)(CC)CNC(=O)c1c(C)cc(C)cc1C. The van der Waals surface area contributed by atoms with E-state index < -0.39 is 0 Å². The van der Waals surface area contributed by atoms with Crippen LogP contribution in [0.2, 0.25) is 0 Å². The highest BCUT2D eigenvalue weighted by molar-refractivity contribution is 5.97. The summed E-state index contributed by atoms with van der Waals surface area (Å²) >= 11 is 0. The molecule has 3 N–H and O–H groups in total. The van der Waals surface area contributed by atoms with Crippen molar-refractivity contribution >= 4 is 5.91 Å². The van der Waals surface area contributed by atoms with Crippen LogP contribution < -0.4 is 11.1 Å². The lowest BCUT2D eigenvalue weighted by Crippen LogP contribution is -2.49. The predicted octanol–water partition coefficient (Wildman–Crippen LogP) is 2.86. The Bertz CT molecular complexity index is 439. The first-order chi connectivity index (χ1) is 8.83. The molecule has 0 aliphatic rings. The van der Waals surface area contributed by atoms with E-state index in [0.29, 0.717) is 6.54 Å². The predicted molar refractivity (Wildman–Crippen MR) is 80.5 cm³/mol. The third-order valence-corrected chi connectivity index (χ3v) is 3.91. The molecule has 19 heavy (non-hydrogen) atoms. The summed E-state index contributed by atoms with van der Waals surface area (Å²) in [5, 5.41) is 2.98. The van der Waals surface area contributed by atoms with Crippen LogP contribution in [0.3, 0.4) is 0 Å². The van der Waals surface area contributed by atoms with Crippen molar-refractivity contribution in [2.75, 3.05) is 6.54 Å². The van der Waals surface area contributed by atoms with Crippen molar-refractivity contribution in [1.82, 2.24) is 5.32 Å². The fraction of sp³-hybridized carbons (Fsp3) is 0.562. The normalized spacial score (nSPS) is 11.5. The second-order valence-corrected chi connectivity index (χ2v) is 5.53. The molecule has 0 bridgehead atoms. The molecule has 0 aliphatic carbocycles. The van der Waals surface area contributed by atoms with E-state index >= 15 is 0 Å². The van der Waals surface area contributed by atoms with Crippen molar-refractivity contribution in [3.8, 4) is 0 Å². The van der Waals surface area contributed by atoms with E-state index in [9.17, 15) is 4.79 Å². The zero-order chi connectivity index (χ0) is 14.6. The molecule has 106 valence electrons. The molecule has 1 rings (SSSR count). The minimum atomic E-state index is -0.303. The molecule has 1 aromatic carbocycles. The summed E-state index contributed by atoms with van der Waals surface area (Å²) in [5.41, 5.74) is 9.90. The number of carbonyl (C=O) groups excluding carboxylic acids is 1. The van der Waals surface area contributed by atoms with E-state index in [4.69, 9.17) is 5.73 Å². The van der Waals surface area contributed by atoms with Gasteiger partial charge in [-0.15, -0.1) is 0 Å². The lowest BCUT2D eigenvalue weighted by Gasteiger charge is -2.27. The van der Waals surface area contributed by atoms with Gasteiger partial charge in [0.25, 0.3) is 5.91 Å². The van der Waals surface area contributed by atoms with Crippen LogP contribution in [0.25, 0.3) is 0 Å². The summed E-state index contributed by atoms with van der Waals surface area (Å²) in [6.45, 7) is 10.6. The number of hydrogen-bond donors (Lipinski definition) is 2. The van der Waals surface area contributed by atoms with Crippen LogP contribution in [0.1, 0.15) is 53.7 Å². The topological polar surface area (TPSA) is 55.1 Å². The number of hydrogen-bond acceptors (Lipinski definition) is 2. The number of nitrogens with two attached hydrogens (primary N) is 1. The van der Waals surface area contributed by atoms with Gasteiger partial charge in [-0.3, -0.25) is 4.79 Å². The van der Waals surface area contributed by atoms with Gasteiger partial charge < -0.3 is 11.1 Å². The first-order valence-electron chi connectivity index (χ1n) is 6.98.